The Balaban J connectivity index is 0.00000444. The third-order valence-electron chi connectivity index (χ3n) is 9.12. The molecule has 23 nitrogen and oxygen atoms in total. The summed E-state index contributed by atoms with van der Waals surface area (Å²) in [5.74, 6) is -3.63. The second-order valence-corrected chi connectivity index (χ2v) is 19.6. The number of nitrogens with one attached hydrogen (secondary N) is 6. The maximum Gasteiger partial charge on any atom is 0.323 e. The molecule has 0 fully saturated rings. The van der Waals surface area contributed by atoms with Crippen LogP contribution in [-0.2, 0) is 40.5 Å². The Morgan fingerprint density at radius 1 is 0.319 bits per heavy atom. The second kappa shape index (κ2) is 26.5. The smallest absolute Gasteiger partial charge is 0.322 e. The van der Waals surface area contributed by atoms with Crippen molar-refractivity contribution in [1.29, 1.82) is 0 Å². The van der Waals surface area contributed by atoms with Crippen LogP contribution in [0.2, 0.25) is 0 Å². The number of amides is 6. The van der Waals surface area contributed by atoms with Gasteiger partial charge >= 0.3 is 6.03 Å². The summed E-state index contributed by atoms with van der Waals surface area (Å²) in [6, 6.07) is 23.8. The molecule has 6 aromatic rings. The number of hydrogen-bond acceptors (Lipinski definition) is 13. The number of benzene rings is 6. The average Bonchev–Trinajstić information content (AvgIpc) is 3.25. The molecule has 0 aliphatic rings. The van der Waals surface area contributed by atoms with Crippen LogP contribution in [-0.4, -0.2) is 200 Å². The molecule has 6 aromatic carbocycles. The van der Waals surface area contributed by atoms with Crippen LogP contribution < -0.4 is 31.9 Å². The third-order valence-corrected chi connectivity index (χ3v) is 12.7. The summed E-state index contributed by atoms with van der Waals surface area (Å²) >= 11 is 0. The number of hydrogen-bond donors (Lipinski definition) is 10. The molecule has 0 saturated carbocycles. The van der Waals surface area contributed by atoms with Crippen molar-refractivity contribution in [2.45, 2.75) is 19.6 Å². The van der Waals surface area contributed by atoms with E-state index in [1.54, 1.807) is 0 Å². The molecule has 0 saturated heterocycles. The molecule has 72 heavy (non-hydrogen) atoms. The molecule has 6 rings (SSSR count). The standard InChI is InChI=1S/C41H32N6O17S4.4Na/c48-37(42-27-9-13-31(14-10-27)65(53,54)55)25-7-17-35(67(59,60)61)33(21-25)46-39(50)23-3-1-5-29(19-23)44-41(52)45-30-6-2-4-24(20-30)40(51)47-34-22-26(8-18-36(34)68(62,63)64)38(49)43-28-11-15-32(16-12-28)66(56,57)58;;;;/h1-22H,(H,42,48)(H,43,49)(H,46,50)(H,47,51)(H2,44,45,52)(H,53,54,55)(H,56,57,58)(H,59,60,61)(H,62,63,64);;;;. The van der Waals surface area contributed by atoms with Crippen molar-refractivity contribution in [1.82, 2.24) is 0 Å². The molecule has 0 heterocycles. The summed E-state index contributed by atoms with van der Waals surface area (Å²) in [5.41, 5.74) is -1.61. The van der Waals surface area contributed by atoms with Crippen LogP contribution >= 0.6 is 0 Å². The minimum Gasteiger partial charge on any atom is -0.322 e. The van der Waals surface area contributed by atoms with Gasteiger partial charge in [-0.15, -0.1) is 0 Å². The normalized spacial score (nSPS) is 11.1. The van der Waals surface area contributed by atoms with Gasteiger partial charge in [-0.1, -0.05) is 12.1 Å². The molecule has 0 aliphatic carbocycles. The summed E-state index contributed by atoms with van der Waals surface area (Å²) < 4.78 is 132. The van der Waals surface area contributed by atoms with Crippen LogP contribution in [0, 0.1) is 0 Å². The molecule has 0 bridgehead atoms. The quantitative estimate of drug-likeness (QED) is 0.0547. The SMILES string of the molecule is O=C(Nc1cccc(C(=O)Nc2cc(C(=O)Nc3ccc(S(=O)(=O)O)cc3)ccc2S(=O)(=O)O)c1)Nc1cccc(C(=O)Nc2cc(C(=O)Nc3ccc(S(=O)(=O)O)cc3)ccc2S(=O)(=O)O)c1.[Na].[Na].[Na].[Na]. The van der Waals surface area contributed by atoms with E-state index >= 15 is 0 Å². The maximum absolute atomic E-state index is 13.4. The van der Waals surface area contributed by atoms with Crippen LogP contribution in [0.3, 0.4) is 0 Å². The third kappa shape index (κ3) is 17.6. The van der Waals surface area contributed by atoms with E-state index < -0.39 is 101 Å². The van der Waals surface area contributed by atoms with Crippen LogP contribution in [0.5, 0.6) is 0 Å². The first kappa shape index (κ1) is 64.2. The molecule has 356 valence electrons. The van der Waals surface area contributed by atoms with E-state index in [1.165, 1.54) is 72.8 Å². The van der Waals surface area contributed by atoms with E-state index in [0.29, 0.717) is 0 Å². The van der Waals surface area contributed by atoms with Gasteiger partial charge in [0.05, 0.1) is 21.2 Å². The minimum absolute atomic E-state index is 0. The molecule has 6 amide bonds. The van der Waals surface area contributed by atoms with E-state index in [1.807, 2.05) is 0 Å². The molecule has 0 spiro atoms. The largest absolute Gasteiger partial charge is 0.323 e. The summed E-state index contributed by atoms with van der Waals surface area (Å²) in [4.78, 5) is 63.3. The fourth-order valence-electron chi connectivity index (χ4n) is 5.97. The van der Waals surface area contributed by atoms with Crippen LogP contribution in [0.4, 0.5) is 38.9 Å². The van der Waals surface area contributed by atoms with Gasteiger partial charge in [-0.05, 0) is 121 Å². The van der Waals surface area contributed by atoms with Gasteiger partial charge < -0.3 is 31.9 Å². The summed E-state index contributed by atoms with van der Waals surface area (Å²) in [7, 11) is -19.0. The molecule has 0 aromatic heterocycles. The zero-order chi connectivity index (χ0) is 49.8. The van der Waals surface area contributed by atoms with Crippen molar-refractivity contribution < 1.29 is 75.9 Å². The molecule has 31 heteroatoms. The predicted molar refractivity (Wildman–Crippen MR) is 265 cm³/mol. The van der Waals surface area contributed by atoms with E-state index in [0.717, 1.165) is 60.7 Å². The first-order valence-electron chi connectivity index (χ1n) is 18.7. The van der Waals surface area contributed by atoms with Crippen LogP contribution in [0.1, 0.15) is 41.4 Å². The van der Waals surface area contributed by atoms with E-state index in [9.17, 15) is 75.9 Å². The average molecular weight is 1100 g/mol. The van der Waals surface area contributed by atoms with Gasteiger partial charge in [-0.2, -0.15) is 33.7 Å². The Kier molecular flexibility index (Phi) is 23.7. The zero-order valence-electron chi connectivity index (χ0n) is 37.9. The Bertz CT molecular complexity index is 3290. The molecule has 0 aliphatic heterocycles. The molecule has 0 atom stereocenters. The van der Waals surface area contributed by atoms with Crippen molar-refractivity contribution in [2.75, 3.05) is 31.9 Å². The van der Waals surface area contributed by atoms with Gasteiger partial charge in [0.15, 0.2) is 0 Å². The molecule has 4 radical (unpaired) electrons. The fourth-order valence-corrected chi connectivity index (χ4v) is 8.19. The number of anilines is 6. The number of urea groups is 1. The van der Waals surface area contributed by atoms with E-state index in [-0.39, 0.29) is 163 Å². The van der Waals surface area contributed by atoms with E-state index in [2.05, 4.69) is 31.9 Å². The number of carbonyl (C=O) groups is 5. The number of rotatable bonds is 14. The monoisotopic (exact) mass is 1100 g/mol. The van der Waals surface area contributed by atoms with Crippen molar-refractivity contribution >= 4 is 222 Å². The fraction of sp³-hybridized carbons (Fsp3) is 0. The summed E-state index contributed by atoms with van der Waals surface area (Å²) in [6.45, 7) is 0. The van der Waals surface area contributed by atoms with Crippen molar-refractivity contribution in [3.63, 3.8) is 0 Å². The molecule has 0 unspecified atom stereocenters. The summed E-state index contributed by atoms with van der Waals surface area (Å²) in [6.07, 6.45) is 0. The van der Waals surface area contributed by atoms with Gasteiger partial charge in [-0.3, -0.25) is 37.4 Å². The Labute approximate surface area is 499 Å². The second-order valence-electron chi connectivity index (χ2n) is 13.9. The summed E-state index contributed by atoms with van der Waals surface area (Å²) in [5, 5.41) is 14.4. The van der Waals surface area contributed by atoms with Gasteiger partial charge in [0.1, 0.15) is 9.79 Å². The first-order valence-corrected chi connectivity index (χ1v) is 24.4. The molecular formula is C41H32N6Na4O17S4. The van der Waals surface area contributed by atoms with Gasteiger partial charge in [0.2, 0.25) is 0 Å². The maximum atomic E-state index is 13.4. The van der Waals surface area contributed by atoms with Gasteiger partial charge in [0, 0.05) is 163 Å². The molecular weight excluding hydrogens is 1070 g/mol. The predicted octanol–water partition coefficient (Wildman–Crippen LogP) is 3.80. The Morgan fingerprint density at radius 2 is 0.625 bits per heavy atom. The van der Waals surface area contributed by atoms with E-state index in [4.69, 9.17) is 0 Å². The topological polar surface area (TPSA) is 375 Å². The van der Waals surface area contributed by atoms with Gasteiger partial charge in [0.25, 0.3) is 64.1 Å². The Hall–Kier alpha value is -3.89. The van der Waals surface area contributed by atoms with Crippen LogP contribution in [0.25, 0.3) is 0 Å². The van der Waals surface area contributed by atoms with Crippen LogP contribution in [0.15, 0.2) is 153 Å². The molecule has 10 N–H and O–H groups in total. The van der Waals surface area contributed by atoms with Gasteiger partial charge in [-0.25, -0.2) is 4.79 Å². The minimum atomic E-state index is -4.97. The van der Waals surface area contributed by atoms with Crippen molar-refractivity contribution in [3.8, 4) is 0 Å². The zero-order valence-corrected chi connectivity index (χ0v) is 49.2. The first-order chi connectivity index (χ1) is 31.7. The van der Waals surface area contributed by atoms with Crippen molar-refractivity contribution in [3.05, 3.63) is 156 Å². The number of carbonyl (C=O) groups excluding carboxylic acids is 5. The Morgan fingerprint density at radius 3 is 0.931 bits per heavy atom. The van der Waals surface area contributed by atoms with Crippen molar-refractivity contribution in [2.24, 2.45) is 0 Å².